The molecule has 0 aliphatic carbocycles. The van der Waals surface area contributed by atoms with E-state index in [2.05, 4.69) is 5.32 Å². The number of para-hydroxylation sites is 1. The van der Waals surface area contributed by atoms with E-state index < -0.39 is 11.5 Å². The number of amides is 1. The number of carbonyl (C=O) groups is 1. The third kappa shape index (κ3) is 2.42. The highest BCUT2D eigenvalue weighted by atomic mass is 32.1. The number of fused-ring (bicyclic) bond motifs is 1. The molecule has 1 amide bonds. The van der Waals surface area contributed by atoms with Gasteiger partial charge in [-0.1, -0.05) is 18.2 Å². The summed E-state index contributed by atoms with van der Waals surface area (Å²) >= 11 is 1.22. The van der Waals surface area contributed by atoms with Crippen LogP contribution in [0.15, 0.2) is 51.0 Å². The van der Waals surface area contributed by atoms with Crippen molar-refractivity contribution in [3.05, 3.63) is 63.3 Å². The van der Waals surface area contributed by atoms with Crippen molar-refractivity contribution in [1.29, 1.82) is 5.26 Å². The number of benzene rings is 1. The monoisotopic (exact) mass is 296 g/mol. The smallest absolute Gasteiger partial charge is 0.349 e. The third-order valence-electron chi connectivity index (χ3n) is 2.90. The van der Waals surface area contributed by atoms with Crippen LogP contribution in [-0.2, 0) is 0 Å². The van der Waals surface area contributed by atoms with Gasteiger partial charge in [-0.2, -0.15) is 5.26 Å². The van der Waals surface area contributed by atoms with Crippen LogP contribution in [0, 0.1) is 11.3 Å². The molecule has 0 fully saturated rings. The van der Waals surface area contributed by atoms with Crippen LogP contribution >= 0.6 is 11.3 Å². The van der Waals surface area contributed by atoms with E-state index in [9.17, 15) is 9.59 Å². The third-order valence-corrected chi connectivity index (χ3v) is 3.73. The van der Waals surface area contributed by atoms with Crippen LogP contribution in [-0.4, -0.2) is 5.91 Å². The van der Waals surface area contributed by atoms with Crippen molar-refractivity contribution in [1.82, 2.24) is 0 Å². The van der Waals surface area contributed by atoms with Crippen molar-refractivity contribution in [2.75, 3.05) is 5.32 Å². The van der Waals surface area contributed by atoms with Crippen LogP contribution in [0.5, 0.6) is 0 Å². The van der Waals surface area contributed by atoms with Gasteiger partial charge in [-0.3, -0.25) is 4.79 Å². The fraction of sp³-hybridized carbons (Fsp3) is 0. The minimum atomic E-state index is -0.707. The Morgan fingerprint density at radius 1 is 1.29 bits per heavy atom. The summed E-state index contributed by atoms with van der Waals surface area (Å²) in [6.07, 6.45) is 0. The first-order valence-electron chi connectivity index (χ1n) is 6.01. The van der Waals surface area contributed by atoms with Crippen molar-refractivity contribution >= 4 is 33.2 Å². The minimum Gasteiger partial charge on any atom is -0.422 e. The number of rotatable bonds is 2. The van der Waals surface area contributed by atoms with Crippen LogP contribution in [0.3, 0.4) is 0 Å². The average molecular weight is 296 g/mol. The molecule has 0 radical (unpaired) electrons. The van der Waals surface area contributed by atoms with Gasteiger partial charge in [-0.25, -0.2) is 4.79 Å². The van der Waals surface area contributed by atoms with Gasteiger partial charge < -0.3 is 9.73 Å². The molecule has 2 heterocycles. The molecule has 0 aliphatic rings. The Balaban J connectivity index is 2.00. The van der Waals surface area contributed by atoms with Crippen molar-refractivity contribution in [3.63, 3.8) is 0 Å². The fourth-order valence-corrected chi connectivity index (χ4v) is 2.62. The fourth-order valence-electron chi connectivity index (χ4n) is 1.88. The molecular formula is C15H8N2O3S. The molecule has 5 nitrogen and oxygen atoms in total. The minimum absolute atomic E-state index is 0.0917. The molecule has 3 rings (SSSR count). The molecule has 0 atom stereocenters. The van der Waals surface area contributed by atoms with E-state index in [1.165, 1.54) is 17.4 Å². The molecule has 2 aromatic heterocycles. The van der Waals surface area contributed by atoms with Crippen molar-refractivity contribution < 1.29 is 9.21 Å². The van der Waals surface area contributed by atoms with Gasteiger partial charge in [0.15, 0.2) is 0 Å². The number of anilines is 1. The van der Waals surface area contributed by atoms with E-state index in [1.807, 2.05) is 6.07 Å². The molecule has 102 valence electrons. The van der Waals surface area contributed by atoms with Gasteiger partial charge in [0.1, 0.15) is 22.2 Å². The van der Waals surface area contributed by atoms with E-state index in [-0.39, 0.29) is 5.56 Å². The molecule has 0 saturated carbocycles. The van der Waals surface area contributed by atoms with Crippen molar-refractivity contribution in [3.8, 4) is 6.07 Å². The SMILES string of the molecule is N#Cc1ccsc1NC(=O)c1cc2ccccc2oc1=O. The lowest BCUT2D eigenvalue weighted by Crippen LogP contribution is -2.20. The number of hydrogen-bond acceptors (Lipinski definition) is 5. The van der Waals surface area contributed by atoms with Crippen molar-refractivity contribution in [2.24, 2.45) is 0 Å². The van der Waals surface area contributed by atoms with Crippen LogP contribution < -0.4 is 10.9 Å². The van der Waals surface area contributed by atoms with Crippen LogP contribution in [0.1, 0.15) is 15.9 Å². The highest BCUT2D eigenvalue weighted by Gasteiger charge is 2.15. The first kappa shape index (κ1) is 13.1. The number of hydrogen-bond donors (Lipinski definition) is 1. The molecule has 0 aliphatic heterocycles. The largest absolute Gasteiger partial charge is 0.422 e. The molecule has 1 aromatic carbocycles. The summed E-state index contributed by atoms with van der Waals surface area (Å²) < 4.78 is 5.11. The zero-order chi connectivity index (χ0) is 14.8. The Kier molecular flexibility index (Phi) is 3.26. The molecule has 0 spiro atoms. The van der Waals surface area contributed by atoms with Gasteiger partial charge in [-0.05, 0) is 23.6 Å². The highest BCUT2D eigenvalue weighted by molar-refractivity contribution is 7.14. The van der Waals surface area contributed by atoms with E-state index in [0.717, 1.165) is 0 Å². The molecule has 0 saturated heterocycles. The normalized spacial score (nSPS) is 10.2. The molecular weight excluding hydrogens is 288 g/mol. The van der Waals surface area contributed by atoms with Crippen LogP contribution in [0.25, 0.3) is 11.0 Å². The van der Waals surface area contributed by atoms with Crippen LogP contribution in [0.2, 0.25) is 0 Å². The summed E-state index contributed by atoms with van der Waals surface area (Å²) in [6, 6.07) is 12.0. The number of thiophene rings is 1. The molecule has 21 heavy (non-hydrogen) atoms. The molecule has 0 bridgehead atoms. The van der Waals surface area contributed by atoms with Gasteiger partial charge in [0.2, 0.25) is 0 Å². The lowest BCUT2D eigenvalue weighted by molar-refractivity contribution is 0.102. The van der Waals surface area contributed by atoms with E-state index >= 15 is 0 Å². The van der Waals surface area contributed by atoms with Gasteiger partial charge >= 0.3 is 5.63 Å². The first-order chi connectivity index (χ1) is 10.2. The van der Waals surface area contributed by atoms with E-state index in [1.54, 1.807) is 35.7 Å². The number of nitrogens with one attached hydrogen (secondary N) is 1. The molecule has 3 aromatic rings. The lowest BCUT2D eigenvalue weighted by atomic mass is 10.2. The maximum atomic E-state index is 12.2. The average Bonchev–Trinajstić information content (AvgIpc) is 2.93. The predicted octanol–water partition coefficient (Wildman–Crippen LogP) is 2.98. The Morgan fingerprint density at radius 2 is 2.10 bits per heavy atom. The number of nitriles is 1. The van der Waals surface area contributed by atoms with E-state index in [0.29, 0.717) is 21.5 Å². The standard InChI is InChI=1S/C15H8N2O3S/c16-8-10-5-6-21-14(10)17-13(18)11-7-9-3-1-2-4-12(9)20-15(11)19/h1-7H,(H,17,18). The second kappa shape index (κ2) is 5.23. The molecule has 1 N–H and O–H groups in total. The quantitative estimate of drug-likeness (QED) is 0.737. The number of nitrogens with zero attached hydrogens (tertiary/aromatic N) is 1. The molecule has 6 heteroatoms. The second-order valence-corrected chi connectivity index (χ2v) is 5.13. The van der Waals surface area contributed by atoms with Gasteiger partial charge in [0.05, 0.1) is 5.56 Å². The summed E-state index contributed by atoms with van der Waals surface area (Å²) in [6.45, 7) is 0. The number of carbonyl (C=O) groups excluding carboxylic acids is 1. The maximum absolute atomic E-state index is 12.2. The van der Waals surface area contributed by atoms with Crippen LogP contribution in [0.4, 0.5) is 5.00 Å². The summed E-state index contributed by atoms with van der Waals surface area (Å²) in [4.78, 5) is 24.0. The molecule has 0 unspecified atom stereocenters. The Hall–Kier alpha value is -2.91. The van der Waals surface area contributed by atoms with Gasteiger partial charge in [0, 0.05) is 5.39 Å². The maximum Gasteiger partial charge on any atom is 0.349 e. The highest BCUT2D eigenvalue weighted by Crippen LogP contribution is 2.23. The summed E-state index contributed by atoms with van der Waals surface area (Å²) in [5, 5.41) is 14.2. The summed E-state index contributed by atoms with van der Waals surface area (Å²) in [5.74, 6) is -0.589. The van der Waals surface area contributed by atoms with E-state index in [4.69, 9.17) is 9.68 Å². The lowest BCUT2D eigenvalue weighted by Gasteiger charge is -2.03. The zero-order valence-electron chi connectivity index (χ0n) is 10.6. The summed E-state index contributed by atoms with van der Waals surface area (Å²) in [7, 11) is 0. The Morgan fingerprint density at radius 3 is 2.90 bits per heavy atom. The van der Waals surface area contributed by atoms with Gasteiger partial charge in [0.25, 0.3) is 5.91 Å². The zero-order valence-corrected chi connectivity index (χ0v) is 11.4. The second-order valence-electron chi connectivity index (χ2n) is 4.21. The topological polar surface area (TPSA) is 83.1 Å². The predicted molar refractivity (Wildman–Crippen MR) is 79.5 cm³/mol. The summed E-state index contributed by atoms with van der Waals surface area (Å²) in [5.41, 5.74) is -0.0151. The Labute approximate surface area is 123 Å². The Bertz CT molecular complexity index is 934. The van der Waals surface area contributed by atoms with Gasteiger partial charge in [-0.15, -0.1) is 11.3 Å². The van der Waals surface area contributed by atoms with Crippen molar-refractivity contribution in [2.45, 2.75) is 0 Å². The first-order valence-corrected chi connectivity index (χ1v) is 6.89.